The van der Waals surface area contributed by atoms with Gasteiger partial charge in [-0.15, -0.1) is 0 Å². The molecule has 21 heavy (non-hydrogen) atoms. The number of morpholine rings is 1. The molecule has 110 valence electrons. The smallest absolute Gasteiger partial charge is 0.262 e. The average molecular weight is 306 g/mol. The molecule has 3 rings (SSSR count). The molecule has 2 aliphatic rings. The molecule has 2 bridgehead atoms. The molecule has 0 spiro atoms. The highest BCUT2D eigenvalue weighted by molar-refractivity contribution is 7.80. The summed E-state index contributed by atoms with van der Waals surface area (Å²) in [4.78, 5) is 25.9. The third-order valence-electron chi connectivity index (χ3n) is 3.49. The Labute approximate surface area is 126 Å². The first kappa shape index (κ1) is 14.0. The highest BCUT2D eigenvalue weighted by atomic mass is 32.1. The third kappa shape index (κ3) is 2.62. The SMILES string of the molecule is NC(=S)COc1ccc(N2C(=O)C3CCC(O3)C2=O)cc1. The van der Waals surface area contributed by atoms with Gasteiger partial charge in [0, 0.05) is 0 Å². The van der Waals surface area contributed by atoms with Crippen molar-refractivity contribution in [2.24, 2.45) is 5.73 Å². The molecule has 6 nitrogen and oxygen atoms in total. The summed E-state index contributed by atoms with van der Waals surface area (Å²) in [6, 6.07) is 6.67. The monoisotopic (exact) mass is 306 g/mol. The number of fused-ring (bicyclic) bond motifs is 2. The molecule has 2 fully saturated rings. The molecule has 2 heterocycles. The first-order valence-corrected chi connectivity index (χ1v) is 7.01. The number of imide groups is 1. The van der Waals surface area contributed by atoms with Gasteiger partial charge in [-0.25, -0.2) is 4.90 Å². The second-order valence-corrected chi connectivity index (χ2v) is 5.48. The van der Waals surface area contributed by atoms with E-state index in [0.717, 1.165) is 0 Å². The van der Waals surface area contributed by atoms with E-state index in [-0.39, 0.29) is 23.4 Å². The number of hydrogen-bond acceptors (Lipinski definition) is 5. The zero-order valence-corrected chi connectivity index (χ0v) is 12.0. The lowest BCUT2D eigenvalue weighted by molar-refractivity contribution is -0.146. The van der Waals surface area contributed by atoms with Crippen molar-refractivity contribution >= 4 is 34.7 Å². The maximum atomic E-state index is 12.2. The number of carbonyl (C=O) groups excluding carboxylic acids is 2. The van der Waals surface area contributed by atoms with E-state index < -0.39 is 12.2 Å². The molecule has 0 radical (unpaired) electrons. The predicted octanol–water partition coefficient (Wildman–Crippen LogP) is 0.772. The zero-order chi connectivity index (χ0) is 15.0. The highest BCUT2D eigenvalue weighted by Gasteiger charge is 2.47. The second-order valence-electron chi connectivity index (χ2n) is 4.95. The minimum absolute atomic E-state index is 0.147. The molecule has 2 amide bonds. The molecule has 0 aliphatic carbocycles. The Bertz CT molecular complexity index is 579. The van der Waals surface area contributed by atoms with Crippen LogP contribution in [0.4, 0.5) is 5.69 Å². The fraction of sp³-hybridized carbons (Fsp3) is 0.357. The van der Waals surface area contributed by atoms with Crippen LogP contribution < -0.4 is 15.4 Å². The van der Waals surface area contributed by atoms with Crippen molar-refractivity contribution in [3.05, 3.63) is 24.3 Å². The fourth-order valence-corrected chi connectivity index (χ4v) is 2.56. The van der Waals surface area contributed by atoms with Crippen LogP contribution in [0.5, 0.6) is 5.75 Å². The van der Waals surface area contributed by atoms with Crippen LogP contribution in [0.15, 0.2) is 24.3 Å². The Kier molecular flexibility index (Phi) is 3.60. The molecule has 7 heteroatoms. The summed E-state index contributed by atoms with van der Waals surface area (Å²) in [7, 11) is 0. The normalized spacial score (nSPS) is 24.3. The summed E-state index contributed by atoms with van der Waals surface area (Å²) < 4.78 is 10.7. The standard InChI is InChI=1S/C14H14N2O4S/c15-12(21)7-19-9-3-1-8(2-4-9)16-13(17)10-5-6-11(20-10)14(16)18/h1-4,10-11H,5-7H2,(H2,15,21). The molecule has 2 N–H and O–H groups in total. The molecule has 2 atom stereocenters. The largest absolute Gasteiger partial charge is 0.487 e. The molecular formula is C14H14N2O4S. The molecule has 2 aliphatic heterocycles. The fourth-order valence-electron chi connectivity index (χ4n) is 2.50. The van der Waals surface area contributed by atoms with Gasteiger partial charge in [0.1, 0.15) is 29.6 Å². The molecular weight excluding hydrogens is 292 g/mol. The van der Waals surface area contributed by atoms with Crippen molar-refractivity contribution in [2.75, 3.05) is 11.5 Å². The molecule has 0 aromatic heterocycles. The number of nitrogens with zero attached hydrogens (tertiary/aromatic N) is 1. The van der Waals surface area contributed by atoms with E-state index in [1.807, 2.05) is 0 Å². The number of nitrogens with two attached hydrogens (primary N) is 1. The summed E-state index contributed by atoms with van der Waals surface area (Å²) in [5.74, 6) is -0.0289. The lowest BCUT2D eigenvalue weighted by Gasteiger charge is -2.29. The molecule has 0 saturated carbocycles. The summed E-state index contributed by atoms with van der Waals surface area (Å²) in [6.07, 6.45) is 0.193. The quantitative estimate of drug-likeness (QED) is 0.654. The van der Waals surface area contributed by atoms with E-state index >= 15 is 0 Å². The lowest BCUT2D eigenvalue weighted by Crippen LogP contribution is -2.52. The number of carbonyl (C=O) groups is 2. The van der Waals surface area contributed by atoms with E-state index in [4.69, 9.17) is 27.4 Å². The van der Waals surface area contributed by atoms with Crippen molar-refractivity contribution < 1.29 is 19.1 Å². The van der Waals surface area contributed by atoms with E-state index in [0.29, 0.717) is 24.3 Å². The van der Waals surface area contributed by atoms with Crippen molar-refractivity contribution in [2.45, 2.75) is 25.0 Å². The summed E-state index contributed by atoms with van der Waals surface area (Å²) in [5.41, 5.74) is 5.88. The Morgan fingerprint density at radius 2 is 1.81 bits per heavy atom. The van der Waals surface area contributed by atoms with Gasteiger partial charge in [-0.05, 0) is 37.1 Å². The number of ether oxygens (including phenoxy) is 2. The van der Waals surface area contributed by atoms with Crippen molar-refractivity contribution in [3.63, 3.8) is 0 Å². The van der Waals surface area contributed by atoms with Crippen LogP contribution in [0.1, 0.15) is 12.8 Å². The van der Waals surface area contributed by atoms with E-state index in [2.05, 4.69) is 0 Å². The van der Waals surface area contributed by atoms with Gasteiger partial charge in [0.15, 0.2) is 0 Å². The van der Waals surface area contributed by atoms with Gasteiger partial charge in [-0.2, -0.15) is 0 Å². The molecule has 2 saturated heterocycles. The van der Waals surface area contributed by atoms with E-state index in [1.54, 1.807) is 24.3 Å². The maximum Gasteiger partial charge on any atom is 0.262 e. The highest BCUT2D eigenvalue weighted by Crippen LogP contribution is 2.32. The van der Waals surface area contributed by atoms with Crippen molar-refractivity contribution in [3.8, 4) is 5.75 Å². The first-order chi connectivity index (χ1) is 10.1. The Morgan fingerprint density at radius 1 is 1.24 bits per heavy atom. The van der Waals surface area contributed by atoms with E-state index in [1.165, 1.54) is 4.90 Å². The summed E-state index contributed by atoms with van der Waals surface area (Å²) >= 11 is 4.73. The Balaban J connectivity index is 1.78. The first-order valence-electron chi connectivity index (χ1n) is 6.60. The molecule has 2 unspecified atom stereocenters. The molecule has 1 aromatic rings. The average Bonchev–Trinajstić information content (AvgIpc) is 2.92. The Hall–Kier alpha value is -1.99. The number of rotatable bonds is 4. The number of benzene rings is 1. The minimum Gasteiger partial charge on any atom is -0.487 e. The van der Waals surface area contributed by atoms with Crippen LogP contribution in [0, 0.1) is 0 Å². The summed E-state index contributed by atoms with van der Waals surface area (Å²) in [6.45, 7) is 0.147. The third-order valence-corrected chi connectivity index (χ3v) is 3.61. The van der Waals surface area contributed by atoms with Gasteiger partial charge in [0.25, 0.3) is 11.8 Å². The number of hydrogen-bond donors (Lipinski definition) is 1. The van der Waals surface area contributed by atoms with Crippen molar-refractivity contribution in [1.82, 2.24) is 0 Å². The van der Waals surface area contributed by atoms with Gasteiger partial charge in [0.05, 0.1) is 5.69 Å². The molecule has 1 aromatic carbocycles. The van der Waals surface area contributed by atoms with E-state index in [9.17, 15) is 9.59 Å². The number of thiocarbonyl (C=S) groups is 1. The summed E-state index contributed by atoms with van der Waals surface area (Å²) in [5, 5.41) is 0. The maximum absolute atomic E-state index is 12.2. The second kappa shape index (κ2) is 5.42. The van der Waals surface area contributed by atoms with Crippen LogP contribution in [-0.2, 0) is 14.3 Å². The van der Waals surface area contributed by atoms with Crippen molar-refractivity contribution in [1.29, 1.82) is 0 Å². The van der Waals surface area contributed by atoms with Gasteiger partial charge in [-0.3, -0.25) is 9.59 Å². The zero-order valence-electron chi connectivity index (χ0n) is 11.2. The van der Waals surface area contributed by atoms with Crippen LogP contribution in [-0.4, -0.2) is 35.6 Å². The Morgan fingerprint density at radius 3 is 2.33 bits per heavy atom. The van der Waals surface area contributed by atoms with Crippen LogP contribution in [0.3, 0.4) is 0 Å². The van der Waals surface area contributed by atoms with Crippen LogP contribution >= 0.6 is 12.2 Å². The predicted molar refractivity (Wildman–Crippen MR) is 79.1 cm³/mol. The van der Waals surface area contributed by atoms with Gasteiger partial charge in [0.2, 0.25) is 0 Å². The lowest BCUT2D eigenvalue weighted by atomic mass is 10.2. The number of amides is 2. The topological polar surface area (TPSA) is 81.9 Å². The van der Waals surface area contributed by atoms with Gasteiger partial charge < -0.3 is 15.2 Å². The van der Waals surface area contributed by atoms with Gasteiger partial charge in [-0.1, -0.05) is 12.2 Å². The van der Waals surface area contributed by atoms with Crippen LogP contribution in [0.2, 0.25) is 0 Å². The van der Waals surface area contributed by atoms with Gasteiger partial charge >= 0.3 is 0 Å². The minimum atomic E-state index is -0.502. The number of anilines is 1. The van der Waals surface area contributed by atoms with Crippen LogP contribution in [0.25, 0.3) is 0 Å².